The molecule has 0 spiro atoms. The van der Waals surface area contributed by atoms with E-state index in [0.717, 1.165) is 0 Å². The van der Waals surface area contributed by atoms with Crippen molar-refractivity contribution in [3.63, 3.8) is 0 Å². The molecule has 10 heteroatoms. The monoisotopic (exact) mass is 414 g/mol. The zero-order valence-corrected chi connectivity index (χ0v) is 17.2. The summed E-state index contributed by atoms with van der Waals surface area (Å²) in [7, 11) is 7.62. The lowest BCUT2D eigenvalue weighted by atomic mass is 10.1. The number of nitrogens with one attached hydrogen (secondary N) is 2. The minimum absolute atomic E-state index is 0.0853. The third-order valence-electron chi connectivity index (χ3n) is 4.36. The summed E-state index contributed by atoms with van der Waals surface area (Å²) in [5.74, 6) is 2.01. The normalized spacial score (nSPS) is 14.1. The maximum Gasteiger partial charge on any atom is 0.294 e. The number of methoxy groups -OCH3 is 5. The fourth-order valence-corrected chi connectivity index (χ4v) is 2.84. The van der Waals surface area contributed by atoms with Crippen molar-refractivity contribution >= 4 is 23.0 Å². The molecule has 3 rings (SSSR count). The summed E-state index contributed by atoms with van der Waals surface area (Å²) in [6.07, 6.45) is 0. The molecule has 2 aromatic carbocycles. The third-order valence-corrected chi connectivity index (χ3v) is 4.36. The van der Waals surface area contributed by atoms with Crippen LogP contribution in [0.2, 0.25) is 0 Å². The molecule has 0 saturated heterocycles. The van der Waals surface area contributed by atoms with Crippen LogP contribution in [0, 0.1) is 0 Å². The molecule has 30 heavy (non-hydrogen) atoms. The molecule has 0 radical (unpaired) electrons. The van der Waals surface area contributed by atoms with Gasteiger partial charge in [0.25, 0.3) is 5.91 Å². The number of hydrogen-bond donors (Lipinski definition) is 2. The number of rotatable bonds is 8. The Morgan fingerprint density at radius 1 is 0.833 bits per heavy atom. The first-order valence-electron chi connectivity index (χ1n) is 8.80. The number of hydrogen-bond acceptors (Lipinski definition) is 9. The molecule has 1 aliphatic rings. The molecule has 0 unspecified atom stereocenters. The highest BCUT2D eigenvalue weighted by molar-refractivity contribution is 6.72. The maximum atomic E-state index is 12.3. The van der Waals surface area contributed by atoms with Crippen LogP contribution in [0.15, 0.2) is 40.5 Å². The van der Waals surface area contributed by atoms with Crippen LogP contribution < -0.4 is 34.5 Å². The van der Waals surface area contributed by atoms with Gasteiger partial charge in [0.05, 0.1) is 35.5 Å². The van der Waals surface area contributed by atoms with Gasteiger partial charge in [-0.3, -0.25) is 10.2 Å². The Hall–Kier alpha value is -3.95. The number of ether oxygens (including phenoxy) is 5. The summed E-state index contributed by atoms with van der Waals surface area (Å²) in [6, 6.07) is 8.53. The van der Waals surface area contributed by atoms with Gasteiger partial charge in [0.2, 0.25) is 0 Å². The Bertz CT molecular complexity index is 993. The average Bonchev–Trinajstić information content (AvgIpc) is 3.16. The molecule has 1 heterocycles. The van der Waals surface area contributed by atoms with E-state index in [1.807, 2.05) is 0 Å². The molecule has 1 aliphatic heterocycles. The van der Waals surface area contributed by atoms with Crippen LogP contribution in [0.1, 0.15) is 5.56 Å². The number of benzene rings is 2. The van der Waals surface area contributed by atoms with E-state index in [1.54, 1.807) is 37.4 Å². The predicted molar refractivity (Wildman–Crippen MR) is 111 cm³/mol. The Morgan fingerprint density at radius 3 is 2.03 bits per heavy atom. The molecule has 0 aromatic heterocycles. The minimum atomic E-state index is -0.460. The largest absolute Gasteiger partial charge is 0.496 e. The van der Waals surface area contributed by atoms with Crippen molar-refractivity contribution in [3.8, 4) is 28.7 Å². The lowest BCUT2D eigenvalue weighted by Crippen LogP contribution is -2.25. The molecule has 10 nitrogen and oxygen atoms in total. The Morgan fingerprint density at radius 2 is 1.47 bits per heavy atom. The van der Waals surface area contributed by atoms with Gasteiger partial charge in [0, 0.05) is 17.7 Å². The van der Waals surface area contributed by atoms with Crippen LogP contribution in [-0.2, 0) is 4.79 Å². The summed E-state index contributed by atoms with van der Waals surface area (Å²) in [5.41, 5.74) is 6.75. The average molecular weight is 414 g/mol. The first-order valence-corrected chi connectivity index (χ1v) is 8.80. The first-order chi connectivity index (χ1) is 14.6. The van der Waals surface area contributed by atoms with Gasteiger partial charge >= 0.3 is 0 Å². The second-order valence-electron chi connectivity index (χ2n) is 5.95. The summed E-state index contributed by atoms with van der Waals surface area (Å²) in [6.45, 7) is 0. The van der Waals surface area contributed by atoms with Crippen LogP contribution in [0.25, 0.3) is 0 Å². The zero-order valence-electron chi connectivity index (χ0n) is 17.2. The van der Waals surface area contributed by atoms with Crippen molar-refractivity contribution < 1.29 is 28.5 Å². The van der Waals surface area contributed by atoms with Crippen LogP contribution >= 0.6 is 0 Å². The van der Waals surface area contributed by atoms with Crippen molar-refractivity contribution in [3.05, 3.63) is 35.9 Å². The van der Waals surface area contributed by atoms with E-state index in [-0.39, 0.29) is 5.71 Å². The molecule has 0 aliphatic carbocycles. The molecule has 0 saturated carbocycles. The van der Waals surface area contributed by atoms with Gasteiger partial charge in [-0.1, -0.05) is 0 Å². The molecule has 0 bridgehead atoms. The van der Waals surface area contributed by atoms with E-state index < -0.39 is 5.91 Å². The number of carbonyl (C=O) groups is 1. The third kappa shape index (κ3) is 3.93. The second kappa shape index (κ2) is 9.03. The standard InChI is InChI=1S/C20H22N4O6/c1-26-12-9-15(29-4)18(16(10-12)30-5)22-23-19-17(21-24-20(19)25)11-6-7-13(27-2)14(8-11)28-3/h6-10,22H,1-5H3,(H,23,24,25). The smallest absolute Gasteiger partial charge is 0.294 e. The van der Waals surface area contributed by atoms with E-state index >= 15 is 0 Å². The van der Waals surface area contributed by atoms with Crippen LogP contribution in [0.5, 0.6) is 28.7 Å². The van der Waals surface area contributed by atoms with Gasteiger partial charge in [0.15, 0.2) is 28.7 Å². The van der Waals surface area contributed by atoms with Gasteiger partial charge < -0.3 is 23.7 Å². The fourth-order valence-electron chi connectivity index (χ4n) is 2.84. The van der Waals surface area contributed by atoms with Gasteiger partial charge in [-0.05, 0) is 18.2 Å². The van der Waals surface area contributed by atoms with E-state index in [2.05, 4.69) is 21.1 Å². The number of amides is 1. The van der Waals surface area contributed by atoms with E-state index in [9.17, 15) is 4.79 Å². The minimum Gasteiger partial charge on any atom is -0.496 e. The summed E-state index contributed by atoms with van der Waals surface area (Å²) in [4.78, 5) is 12.3. The summed E-state index contributed by atoms with van der Waals surface area (Å²) < 4.78 is 26.6. The first kappa shape index (κ1) is 20.8. The van der Waals surface area contributed by atoms with E-state index in [1.165, 1.54) is 28.4 Å². The van der Waals surface area contributed by atoms with Crippen molar-refractivity contribution in [1.82, 2.24) is 5.43 Å². The number of carbonyl (C=O) groups excluding carboxylic acids is 1. The van der Waals surface area contributed by atoms with Crippen LogP contribution in [0.3, 0.4) is 0 Å². The molecule has 2 N–H and O–H groups in total. The molecule has 2 aromatic rings. The molecule has 0 fully saturated rings. The lowest BCUT2D eigenvalue weighted by molar-refractivity contribution is -0.114. The Kier molecular flexibility index (Phi) is 6.26. The fraction of sp³-hybridized carbons (Fsp3) is 0.250. The Labute approximate surface area is 173 Å². The van der Waals surface area contributed by atoms with Gasteiger partial charge in [0.1, 0.15) is 17.1 Å². The molecule has 158 valence electrons. The van der Waals surface area contributed by atoms with E-state index in [0.29, 0.717) is 45.7 Å². The Balaban J connectivity index is 1.97. The van der Waals surface area contributed by atoms with Gasteiger partial charge in [-0.2, -0.15) is 10.2 Å². The number of nitrogens with zero attached hydrogens (tertiary/aromatic N) is 2. The summed E-state index contributed by atoms with van der Waals surface area (Å²) >= 11 is 0. The topological polar surface area (TPSA) is 112 Å². The van der Waals surface area contributed by atoms with Crippen LogP contribution in [0.4, 0.5) is 5.69 Å². The quantitative estimate of drug-likeness (QED) is 0.636. The number of hydrazone groups is 2. The zero-order chi connectivity index (χ0) is 21.7. The molecular weight excluding hydrogens is 392 g/mol. The van der Waals surface area contributed by atoms with Crippen molar-refractivity contribution in [1.29, 1.82) is 0 Å². The molecular formula is C20H22N4O6. The number of anilines is 1. The van der Waals surface area contributed by atoms with Crippen molar-refractivity contribution in [2.45, 2.75) is 0 Å². The molecule has 1 amide bonds. The molecule has 0 atom stereocenters. The highest BCUT2D eigenvalue weighted by atomic mass is 16.5. The lowest BCUT2D eigenvalue weighted by Gasteiger charge is -2.14. The van der Waals surface area contributed by atoms with Crippen molar-refractivity contribution in [2.75, 3.05) is 41.0 Å². The van der Waals surface area contributed by atoms with Gasteiger partial charge in [-0.15, -0.1) is 0 Å². The highest BCUT2D eigenvalue weighted by Gasteiger charge is 2.27. The van der Waals surface area contributed by atoms with E-state index in [4.69, 9.17) is 23.7 Å². The predicted octanol–water partition coefficient (Wildman–Crippen LogP) is 2.03. The maximum absolute atomic E-state index is 12.3. The summed E-state index contributed by atoms with van der Waals surface area (Å²) in [5, 5.41) is 8.35. The van der Waals surface area contributed by atoms with Gasteiger partial charge in [-0.25, -0.2) is 5.43 Å². The highest BCUT2D eigenvalue weighted by Crippen LogP contribution is 2.39. The van der Waals surface area contributed by atoms with Crippen LogP contribution in [-0.4, -0.2) is 52.9 Å². The SMILES string of the molecule is COc1cc(OC)c(N/N=C2/C(=O)NN=C2c2ccc(OC)c(OC)c2)c(OC)c1. The van der Waals surface area contributed by atoms with Crippen molar-refractivity contribution in [2.24, 2.45) is 10.2 Å². The second-order valence-corrected chi connectivity index (χ2v) is 5.95.